The third kappa shape index (κ3) is 36.5. The Hall–Kier alpha value is 0.750. The Morgan fingerprint density at radius 3 is 1.55 bits per heavy atom. The molecule has 0 atom stereocenters. The first kappa shape index (κ1) is 29.8. The first-order valence-corrected chi connectivity index (χ1v) is 4.04. The molecule has 0 N–H and O–H groups in total. The lowest BCUT2D eigenvalue weighted by atomic mass is 11.3. The standard InChI is InChI=1S/C3H9N2P2.3CH4.BrH/c1-5(2)7-4-6-3;;;;/h1-3H3;3*1H4;1H/q+1;;;;/p-1. The average Bonchev–Trinajstić information content (AvgIpc) is 1.61. The van der Waals surface area contributed by atoms with E-state index in [0.717, 1.165) is 16.9 Å². The average molecular weight is 263 g/mol. The van der Waals surface area contributed by atoms with E-state index in [2.05, 4.69) is 4.17 Å². The summed E-state index contributed by atoms with van der Waals surface area (Å²) in [5.74, 6) is 0. The second-order valence-corrected chi connectivity index (χ2v) is 3.32. The van der Waals surface area contributed by atoms with Crippen LogP contribution in [-0.2, 0) is 0 Å². The second kappa shape index (κ2) is 22.4. The van der Waals surface area contributed by atoms with Gasteiger partial charge in [-0.15, -0.1) is 0 Å². The van der Waals surface area contributed by atoms with Crippen molar-refractivity contribution in [3.05, 3.63) is 0 Å². The Bertz CT molecular complexity index is 101. The van der Waals surface area contributed by atoms with Gasteiger partial charge in [-0.25, -0.2) is 0 Å². The molecule has 0 fully saturated rings. The molecule has 0 radical (unpaired) electrons. The summed E-state index contributed by atoms with van der Waals surface area (Å²) < 4.78 is 6.05. The molecule has 0 aliphatic rings. The molecule has 11 heavy (non-hydrogen) atoms. The molecule has 0 aliphatic heterocycles. The molecule has 0 aromatic heterocycles. The summed E-state index contributed by atoms with van der Waals surface area (Å²) >= 11 is 0. The molecule has 0 amide bonds. The minimum atomic E-state index is 0. The van der Waals surface area contributed by atoms with E-state index >= 15 is 0 Å². The van der Waals surface area contributed by atoms with Crippen molar-refractivity contribution in [1.82, 2.24) is 8.84 Å². The quantitative estimate of drug-likeness (QED) is 0.492. The normalized spacial score (nSPS) is 6.55. The van der Waals surface area contributed by atoms with Crippen molar-refractivity contribution in [2.75, 3.05) is 20.8 Å². The van der Waals surface area contributed by atoms with Gasteiger partial charge < -0.3 is 17.0 Å². The van der Waals surface area contributed by atoms with E-state index in [9.17, 15) is 0 Å². The number of hydrogen-bond acceptors (Lipinski definition) is 0. The second-order valence-electron chi connectivity index (χ2n) is 1.23. The molecule has 0 aliphatic carbocycles. The molecule has 0 rings (SSSR count). The van der Waals surface area contributed by atoms with E-state index in [-0.39, 0.29) is 39.3 Å². The molecule has 0 saturated heterocycles. The lowest BCUT2D eigenvalue weighted by Crippen LogP contribution is -3.00. The number of nitrogens with zero attached hydrogens (tertiary/aromatic N) is 2. The van der Waals surface area contributed by atoms with Crippen molar-refractivity contribution in [1.29, 1.82) is 0 Å². The zero-order valence-corrected chi connectivity index (χ0v) is 8.54. The fourth-order valence-corrected chi connectivity index (χ4v) is 1.08. The van der Waals surface area contributed by atoms with Crippen LogP contribution in [0.3, 0.4) is 0 Å². The van der Waals surface area contributed by atoms with Gasteiger partial charge in [0.15, 0.2) is 0 Å². The highest BCUT2D eigenvalue weighted by molar-refractivity contribution is 7.32. The van der Waals surface area contributed by atoms with Crippen molar-refractivity contribution in [2.24, 2.45) is 0 Å². The van der Waals surface area contributed by atoms with Gasteiger partial charge in [-0.2, -0.15) is 4.67 Å². The zero-order valence-electron chi connectivity index (χ0n) is 5.17. The third-order valence-corrected chi connectivity index (χ3v) is 1.70. The number of rotatable bonds is 1. The van der Waals surface area contributed by atoms with Gasteiger partial charge in [0.1, 0.15) is 0 Å². The van der Waals surface area contributed by atoms with Gasteiger partial charge in [-0.1, -0.05) is 26.5 Å². The van der Waals surface area contributed by atoms with E-state index in [4.69, 9.17) is 0 Å². The Balaban J connectivity index is -0.0000000300. The molecule has 0 saturated carbocycles. The zero-order chi connectivity index (χ0) is 5.70. The van der Waals surface area contributed by atoms with Crippen molar-refractivity contribution in [2.45, 2.75) is 22.3 Å². The smallest absolute Gasteiger partial charge is 0.461 e. The van der Waals surface area contributed by atoms with E-state index in [1.807, 2.05) is 25.4 Å². The Labute approximate surface area is 86.0 Å². The largest absolute Gasteiger partial charge is 1.00 e. The van der Waals surface area contributed by atoms with E-state index < -0.39 is 0 Å². The van der Waals surface area contributed by atoms with Crippen LogP contribution in [0.4, 0.5) is 0 Å². The van der Waals surface area contributed by atoms with Crippen LogP contribution in [0.1, 0.15) is 22.3 Å². The number of halogens is 1. The highest BCUT2D eigenvalue weighted by Gasteiger charge is 1.86. The lowest BCUT2D eigenvalue weighted by molar-refractivity contribution is -0.00000286. The maximum atomic E-state index is 4.04. The molecular weight excluding hydrogens is 242 g/mol. The summed E-state index contributed by atoms with van der Waals surface area (Å²) in [6.45, 7) is 2.01. The summed E-state index contributed by atoms with van der Waals surface area (Å²) in [5, 5.41) is 0. The summed E-state index contributed by atoms with van der Waals surface area (Å²) in [6.07, 6.45) is 0. The maximum absolute atomic E-state index is 4.04. The summed E-state index contributed by atoms with van der Waals surface area (Å²) in [6, 6.07) is 0. The predicted octanol–water partition coefficient (Wildman–Crippen LogP) is 0.332. The van der Waals surface area contributed by atoms with Gasteiger partial charge in [-0.05, 0) is 0 Å². The summed E-state index contributed by atoms with van der Waals surface area (Å²) in [5.41, 5.74) is 0. The Kier molecular flexibility index (Phi) is 60.8. The van der Waals surface area contributed by atoms with Crippen LogP contribution >= 0.6 is 16.9 Å². The van der Waals surface area contributed by atoms with Crippen LogP contribution in [0.15, 0.2) is 0 Å². The van der Waals surface area contributed by atoms with Crippen LogP contribution in [0, 0.1) is 0 Å². The molecule has 0 spiro atoms. The Morgan fingerprint density at radius 1 is 1.09 bits per heavy atom. The van der Waals surface area contributed by atoms with E-state index in [0.29, 0.717) is 0 Å². The fraction of sp³-hybridized carbons (Fsp3) is 1.00. The van der Waals surface area contributed by atoms with Crippen LogP contribution in [0.25, 0.3) is 0 Å². The minimum Gasteiger partial charge on any atom is -1.00 e. The van der Waals surface area contributed by atoms with Crippen molar-refractivity contribution >= 4 is 16.9 Å². The van der Waals surface area contributed by atoms with Crippen LogP contribution < -0.4 is 21.2 Å². The molecule has 5 heteroatoms. The fourth-order valence-electron chi connectivity index (χ4n) is 0.120. The van der Waals surface area contributed by atoms with Gasteiger partial charge >= 0.3 is 16.9 Å². The van der Waals surface area contributed by atoms with Crippen molar-refractivity contribution in [3.63, 3.8) is 0 Å². The number of hydrogen-bond donors (Lipinski definition) is 0. The van der Waals surface area contributed by atoms with Gasteiger partial charge in [0.25, 0.3) is 0 Å². The van der Waals surface area contributed by atoms with Crippen molar-refractivity contribution in [3.8, 4) is 0 Å². The highest BCUT2D eigenvalue weighted by atomic mass is 79.9. The molecule has 72 valence electrons. The molecule has 0 unspecified atom stereocenters. The first-order valence-electron chi connectivity index (χ1n) is 1.94. The van der Waals surface area contributed by atoms with Crippen LogP contribution in [0.2, 0.25) is 0 Å². The van der Waals surface area contributed by atoms with Gasteiger partial charge in [0.05, 0.1) is 6.66 Å². The lowest BCUT2D eigenvalue weighted by Gasteiger charge is -1.81. The van der Waals surface area contributed by atoms with Crippen LogP contribution in [-0.4, -0.2) is 25.4 Å². The third-order valence-electron chi connectivity index (χ3n) is 0.308. The van der Waals surface area contributed by atoms with E-state index in [1.54, 1.807) is 0 Å². The maximum Gasteiger partial charge on any atom is 0.461 e. The first-order chi connectivity index (χ1) is 3.27. The van der Waals surface area contributed by atoms with Gasteiger partial charge in [0.2, 0.25) is 0 Å². The Morgan fingerprint density at radius 2 is 1.45 bits per heavy atom. The molecule has 0 aromatic rings. The minimum absolute atomic E-state index is 0. The summed E-state index contributed by atoms with van der Waals surface area (Å²) in [7, 11) is 6.16. The molecule has 0 heterocycles. The molecule has 0 bridgehead atoms. The van der Waals surface area contributed by atoms with Crippen LogP contribution in [0.5, 0.6) is 0 Å². The SMILES string of the molecule is C.C.C.CP=[N+]=PN(C)C.[Br-]. The van der Waals surface area contributed by atoms with Crippen molar-refractivity contribution < 1.29 is 17.0 Å². The molecule has 2 nitrogen and oxygen atoms in total. The summed E-state index contributed by atoms with van der Waals surface area (Å²) in [4.78, 5) is 0. The topological polar surface area (TPSA) is 17.3 Å². The molecule has 0 aromatic carbocycles. The molecular formula is C6H21BrN2P2. The van der Waals surface area contributed by atoms with E-state index in [1.165, 1.54) is 0 Å². The highest BCUT2D eigenvalue weighted by Crippen LogP contribution is 1.94. The predicted molar refractivity (Wildman–Crippen MR) is 55.8 cm³/mol. The van der Waals surface area contributed by atoms with Gasteiger partial charge in [0, 0.05) is 14.1 Å². The van der Waals surface area contributed by atoms with Gasteiger partial charge in [-0.3, -0.25) is 0 Å². The monoisotopic (exact) mass is 262 g/mol.